The van der Waals surface area contributed by atoms with E-state index in [9.17, 15) is 18.0 Å². The van der Waals surface area contributed by atoms with Crippen molar-refractivity contribution in [3.63, 3.8) is 0 Å². The lowest BCUT2D eigenvalue weighted by molar-refractivity contribution is -0.274. The van der Waals surface area contributed by atoms with Crippen LogP contribution in [0.3, 0.4) is 0 Å². The molecule has 2 aromatic carbocycles. The van der Waals surface area contributed by atoms with E-state index in [1.807, 2.05) is 25.1 Å². The largest absolute Gasteiger partial charge is 0.573 e. The van der Waals surface area contributed by atoms with Crippen LogP contribution in [0, 0.1) is 24.2 Å². The van der Waals surface area contributed by atoms with Crippen LogP contribution in [0.5, 0.6) is 11.5 Å². The van der Waals surface area contributed by atoms with E-state index in [0.717, 1.165) is 16.2 Å². The summed E-state index contributed by atoms with van der Waals surface area (Å²) in [6, 6.07) is 11.4. The van der Waals surface area contributed by atoms with Gasteiger partial charge in [-0.2, -0.15) is 0 Å². The number of benzene rings is 2. The predicted molar refractivity (Wildman–Crippen MR) is 132 cm³/mol. The molecule has 190 valence electrons. The first-order valence-electron chi connectivity index (χ1n) is 11.2. The van der Waals surface area contributed by atoms with Crippen molar-refractivity contribution in [1.29, 1.82) is 0 Å². The molecular weight excluding hydrogens is 477 g/mol. The van der Waals surface area contributed by atoms with E-state index in [1.165, 1.54) is 24.3 Å². The lowest BCUT2D eigenvalue weighted by Gasteiger charge is -2.25. The first kappa shape index (κ1) is 28.4. The summed E-state index contributed by atoms with van der Waals surface area (Å²) >= 11 is 1.70. The minimum atomic E-state index is -4.71. The van der Waals surface area contributed by atoms with Crippen LogP contribution >= 0.6 is 11.8 Å². The molecule has 2 aromatic rings. The normalized spacial score (nSPS) is 11.9. The molecule has 0 amide bonds. The van der Waals surface area contributed by atoms with Crippen molar-refractivity contribution < 1.29 is 32.2 Å². The van der Waals surface area contributed by atoms with Gasteiger partial charge in [-0.25, -0.2) is 4.79 Å². The molecule has 0 bridgehead atoms. The maximum absolute atomic E-state index is 12.3. The summed E-state index contributed by atoms with van der Waals surface area (Å²) in [5, 5.41) is 0. The van der Waals surface area contributed by atoms with Gasteiger partial charge in [0.25, 0.3) is 0 Å². The predicted octanol–water partition coefficient (Wildman–Crippen LogP) is 7.17. The minimum absolute atomic E-state index is 0.0913. The van der Waals surface area contributed by atoms with Gasteiger partial charge in [0, 0.05) is 22.6 Å². The number of thioether (sulfide) groups is 1. The number of aryl methyl sites for hydroxylation is 1. The Morgan fingerprint density at radius 3 is 2.23 bits per heavy atom. The number of alkyl halides is 3. The summed E-state index contributed by atoms with van der Waals surface area (Å²) in [4.78, 5) is 13.2. The number of carbonyl (C=O) groups is 1. The molecule has 0 saturated heterocycles. The molecule has 8 heteroatoms. The molecule has 0 fully saturated rings. The Morgan fingerprint density at radius 1 is 1.00 bits per heavy atom. The van der Waals surface area contributed by atoms with E-state index < -0.39 is 17.9 Å². The van der Waals surface area contributed by atoms with Crippen LogP contribution in [0.1, 0.15) is 52.2 Å². The fourth-order valence-electron chi connectivity index (χ4n) is 2.90. The maximum atomic E-state index is 12.3. The van der Waals surface area contributed by atoms with Gasteiger partial charge >= 0.3 is 12.3 Å². The summed E-state index contributed by atoms with van der Waals surface area (Å²) in [7, 11) is 0. The third-order valence-corrected chi connectivity index (χ3v) is 6.31. The molecule has 0 radical (unpaired) electrons. The van der Waals surface area contributed by atoms with Crippen LogP contribution in [-0.4, -0.2) is 30.3 Å². The number of halogens is 3. The highest BCUT2D eigenvalue weighted by Gasteiger charge is 2.32. The van der Waals surface area contributed by atoms with Crippen molar-refractivity contribution in [2.75, 3.05) is 12.4 Å². The molecule has 0 aliphatic carbocycles. The zero-order valence-electron chi connectivity index (χ0n) is 20.8. The quantitative estimate of drug-likeness (QED) is 0.204. The molecule has 0 aromatic heterocycles. The SMILES string of the molecule is CCOC(=O)C(C)(C)Oc1ccc(SCC(C)(C)CC#Cc2ccc(OC(F)(F)F)cc2)cc1C. The number of rotatable bonds is 9. The number of ether oxygens (including phenoxy) is 3. The van der Waals surface area contributed by atoms with Crippen LogP contribution < -0.4 is 9.47 Å². The molecule has 35 heavy (non-hydrogen) atoms. The van der Waals surface area contributed by atoms with Crippen molar-refractivity contribution >= 4 is 17.7 Å². The van der Waals surface area contributed by atoms with Gasteiger partial charge in [0.1, 0.15) is 11.5 Å². The summed E-state index contributed by atoms with van der Waals surface area (Å²) < 4.78 is 51.6. The molecular formula is C27H31F3O4S. The van der Waals surface area contributed by atoms with Gasteiger partial charge in [-0.05, 0) is 81.1 Å². The summed E-state index contributed by atoms with van der Waals surface area (Å²) in [5.74, 6) is 6.88. The molecule has 0 heterocycles. The fraction of sp³-hybridized carbons (Fsp3) is 0.444. The Bertz CT molecular complexity index is 1060. The lowest BCUT2D eigenvalue weighted by Crippen LogP contribution is -2.39. The van der Waals surface area contributed by atoms with Crippen molar-refractivity contribution in [2.24, 2.45) is 5.41 Å². The van der Waals surface area contributed by atoms with Gasteiger partial charge < -0.3 is 14.2 Å². The second kappa shape index (κ2) is 11.8. The van der Waals surface area contributed by atoms with Gasteiger partial charge in [-0.3, -0.25) is 0 Å². The van der Waals surface area contributed by atoms with Crippen LogP contribution in [0.4, 0.5) is 13.2 Å². The zero-order chi connectivity index (χ0) is 26.3. The second-order valence-electron chi connectivity index (χ2n) is 9.26. The first-order valence-corrected chi connectivity index (χ1v) is 12.1. The molecule has 0 atom stereocenters. The topological polar surface area (TPSA) is 44.8 Å². The Labute approximate surface area is 209 Å². The Balaban J connectivity index is 1.93. The molecule has 0 saturated carbocycles. The van der Waals surface area contributed by atoms with E-state index in [-0.39, 0.29) is 11.2 Å². The molecule has 2 rings (SSSR count). The molecule has 4 nitrogen and oxygen atoms in total. The van der Waals surface area contributed by atoms with Crippen LogP contribution in [0.25, 0.3) is 0 Å². The van der Waals surface area contributed by atoms with E-state index >= 15 is 0 Å². The molecule has 0 aliphatic rings. The highest BCUT2D eigenvalue weighted by atomic mass is 32.2. The van der Waals surface area contributed by atoms with Crippen LogP contribution in [0.2, 0.25) is 0 Å². The van der Waals surface area contributed by atoms with Crippen molar-refractivity contribution in [3.05, 3.63) is 53.6 Å². The average Bonchev–Trinajstić information content (AvgIpc) is 2.74. The third-order valence-electron chi connectivity index (χ3n) is 4.80. The van der Waals surface area contributed by atoms with Crippen LogP contribution in [0.15, 0.2) is 47.4 Å². The van der Waals surface area contributed by atoms with Gasteiger partial charge in [0.2, 0.25) is 0 Å². The van der Waals surface area contributed by atoms with Crippen molar-refractivity contribution in [3.8, 4) is 23.3 Å². The zero-order valence-corrected chi connectivity index (χ0v) is 21.7. The maximum Gasteiger partial charge on any atom is 0.573 e. The summed E-state index contributed by atoms with van der Waals surface area (Å²) in [6.07, 6.45) is -4.09. The second-order valence-corrected chi connectivity index (χ2v) is 10.3. The lowest BCUT2D eigenvalue weighted by atomic mass is 9.92. The molecule has 0 N–H and O–H groups in total. The smallest absolute Gasteiger partial charge is 0.476 e. The van der Waals surface area contributed by atoms with E-state index in [2.05, 4.69) is 30.4 Å². The monoisotopic (exact) mass is 508 g/mol. The van der Waals surface area contributed by atoms with E-state index in [0.29, 0.717) is 24.3 Å². The number of hydrogen-bond donors (Lipinski definition) is 0. The van der Waals surface area contributed by atoms with Gasteiger partial charge in [-0.1, -0.05) is 25.7 Å². The third kappa shape index (κ3) is 9.77. The minimum Gasteiger partial charge on any atom is -0.476 e. The molecule has 0 aliphatic heterocycles. The Kier molecular flexibility index (Phi) is 9.56. The average molecular weight is 509 g/mol. The Morgan fingerprint density at radius 2 is 1.66 bits per heavy atom. The van der Waals surface area contributed by atoms with E-state index in [1.54, 1.807) is 32.5 Å². The first-order chi connectivity index (χ1) is 16.2. The summed E-state index contributed by atoms with van der Waals surface area (Å²) in [6.45, 7) is 11.6. The summed E-state index contributed by atoms with van der Waals surface area (Å²) in [5.41, 5.74) is 0.371. The highest BCUT2D eigenvalue weighted by Crippen LogP contribution is 2.33. The van der Waals surface area contributed by atoms with Crippen LogP contribution in [-0.2, 0) is 9.53 Å². The molecule has 0 unspecified atom stereocenters. The van der Waals surface area contributed by atoms with Gasteiger partial charge in [-0.15, -0.1) is 24.9 Å². The van der Waals surface area contributed by atoms with Crippen molar-refractivity contribution in [1.82, 2.24) is 0 Å². The number of carbonyl (C=O) groups excluding carboxylic acids is 1. The number of hydrogen-bond acceptors (Lipinski definition) is 5. The Hall–Kier alpha value is -2.79. The van der Waals surface area contributed by atoms with Crippen molar-refractivity contribution in [2.45, 2.75) is 64.8 Å². The molecule has 0 spiro atoms. The highest BCUT2D eigenvalue weighted by molar-refractivity contribution is 7.99. The van der Waals surface area contributed by atoms with Gasteiger partial charge in [0.15, 0.2) is 5.60 Å². The van der Waals surface area contributed by atoms with Gasteiger partial charge in [0.05, 0.1) is 6.61 Å². The number of esters is 1. The van der Waals surface area contributed by atoms with E-state index in [4.69, 9.17) is 9.47 Å². The fourth-order valence-corrected chi connectivity index (χ4v) is 3.99. The standard InChI is InChI=1S/C27H31F3O4S/c1-7-32-24(31)26(5,6)34-23-15-14-22(17-19(23)2)35-18-25(3,4)16-8-9-20-10-12-21(13-11-20)33-27(28,29)30/h10-15,17H,7,16,18H2,1-6H3.